The Morgan fingerprint density at radius 1 is 1.21 bits per heavy atom. The van der Waals surface area contributed by atoms with Gasteiger partial charge in [-0.05, 0) is 42.8 Å². The van der Waals surface area contributed by atoms with Crippen molar-refractivity contribution in [2.24, 2.45) is 0 Å². The fraction of sp³-hybridized carbons (Fsp3) is 0.333. The summed E-state index contributed by atoms with van der Waals surface area (Å²) in [4.78, 5) is 0. The Morgan fingerprint density at radius 3 is 2.84 bits per heavy atom. The molecule has 0 fully saturated rings. The van der Waals surface area contributed by atoms with Crippen LogP contribution in [0.5, 0.6) is 0 Å². The Labute approximate surface area is 112 Å². The van der Waals surface area contributed by atoms with Gasteiger partial charge in [0.05, 0.1) is 0 Å². The summed E-state index contributed by atoms with van der Waals surface area (Å²) in [7, 11) is 0. The lowest BCUT2D eigenvalue weighted by molar-refractivity contribution is 0.577. The van der Waals surface area contributed by atoms with Crippen LogP contribution in [0.1, 0.15) is 24.5 Å². The zero-order valence-electron chi connectivity index (χ0n) is 11.0. The molecule has 0 unspecified atom stereocenters. The summed E-state index contributed by atoms with van der Waals surface area (Å²) in [6.07, 6.45) is 4.93. The highest BCUT2D eigenvalue weighted by Crippen LogP contribution is 2.12. The van der Waals surface area contributed by atoms with Crippen molar-refractivity contribution in [3.05, 3.63) is 59.4 Å². The molecule has 2 rings (SSSR count). The molecule has 0 aliphatic rings. The summed E-state index contributed by atoms with van der Waals surface area (Å²) in [5.41, 5.74) is 1.51. The van der Waals surface area contributed by atoms with Gasteiger partial charge in [0.1, 0.15) is 11.6 Å². The maximum absolute atomic E-state index is 13.5. The van der Waals surface area contributed by atoms with Crippen LogP contribution in [0.2, 0.25) is 0 Å². The van der Waals surface area contributed by atoms with E-state index in [0.717, 1.165) is 37.2 Å². The van der Waals surface area contributed by atoms with Gasteiger partial charge in [-0.2, -0.15) is 0 Å². The molecule has 2 nitrogen and oxygen atoms in total. The molecule has 1 heterocycles. The maximum atomic E-state index is 13.5. The van der Waals surface area contributed by atoms with Gasteiger partial charge in [-0.3, -0.25) is 0 Å². The minimum Gasteiger partial charge on any atom is -0.349 e. The third-order valence-electron chi connectivity index (χ3n) is 2.93. The lowest BCUT2D eigenvalue weighted by Gasteiger charge is -2.05. The minimum atomic E-state index is -0.409. The number of hydrogen-bond donors (Lipinski definition) is 1. The summed E-state index contributed by atoms with van der Waals surface area (Å²) >= 11 is 0. The number of halogens is 2. The zero-order valence-corrected chi connectivity index (χ0v) is 11.0. The van der Waals surface area contributed by atoms with Crippen LogP contribution >= 0.6 is 0 Å². The molecular formula is C15H18F2N2. The van der Waals surface area contributed by atoms with Crippen molar-refractivity contribution < 1.29 is 8.78 Å². The van der Waals surface area contributed by atoms with Crippen LogP contribution in [0.25, 0.3) is 0 Å². The molecule has 1 aromatic heterocycles. The smallest absolute Gasteiger partial charge is 0.128 e. The van der Waals surface area contributed by atoms with E-state index >= 15 is 0 Å². The first-order valence-corrected chi connectivity index (χ1v) is 6.48. The van der Waals surface area contributed by atoms with Gasteiger partial charge in [0.15, 0.2) is 0 Å². The fourth-order valence-electron chi connectivity index (χ4n) is 1.96. The SMILES string of the molecule is CCCNCc1ccn(Cc2cc(F)ccc2F)c1. The van der Waals surface area contributed by atoms with Crippen molar-refractivity contribution in [3.63, 3.8) is 0 Å². The average molecular weight is 264 g/mol. The lowest BCUT2D eigenvalue weighted by atomic mass is 10.2. The number of benzene rings is 1. The van der Waals surface area contributed by atoms with Crippen LogP contribution in [0.15, 0.2) is 36.7 Å². The first-order valence-electron chi connectivity index (χ1n) is 6.48. The average Bonchev–Trinajstić information content (AvgIpc) is 2.82. The van der Waals surface area contributed by atoms with Crippen LogP contribution in [0.3, 0.4) is 0 Å². The second-order valence-corrected chi connectivity index (χ2v) is 4.60. The number of nitrogens with zero attached hydrogens (tertiary/aromatic N) is 1. The van der Waals surface area contributed by atoms with E-state index in [4.69, 9.17) is 0 Å². The van der Waals surface area contributed by atoms with Crippen molar-refractivity contribution in [2.75, 3.05) is 6.54 Å². The van der Waals surface area contributed by atoms with E-state index in [9.17, 15) is 8.78 Å². The summed E-state index contributed by atoms with van der Waals surface area (Å²) in [5.74, 6) is -0.783. The summed E-state index contributed by atoms with van der Waals surface area (Å²) in [6.45, 7) is 4.23. The molecule has 0 aliphatic carbocycles. The first kappa shape index (κ1) is 13.7. The molecule has 0 bridgehead atoms. The molecule has 102 valence electrons. The van der Waals surface area contributed by atoms with Crippen molar-refractivity contribution in [2.45, 2.75) is 26.4 Å². The van der Waals surface area contributed by atoms with Gasteiger partial charge in [0, 0.05) is 31.0 Å². The number of rotatable bonds is 6. The van der Waals surface area contributed by atoms with Crippen molar-refractivity contribution in [1.82, 2.24) is 9.88 Å². The van der Waals surface area contributed by atoms with Crippen LogP contribution < -0.4 is 5.32 Å². The van der Waals surface area contributed by atoms with E-state index in [-0.39, 0.29) is 5.82 Å². The quantitative estimate of drug-likeness (QED) is 0.792. The number of nitrogens with one attached hydrogen (secondary N) is 1. The fourth-order valence-corrected chi connectivity index (χ4v) is 1.96. The Morgan fingerprint density at radius 2 is 2.05 bits per heavy atom. The highest BCUT2D eigenvalue weighted by Gasteiger charge is 2.05. The molecule has 0 amide bonds. The predicted molar refractivity (Wildman–Crippen MR) is 71.9 cm³/mol. The predicted octanol–water partition coefficient (Wildman–Crippen LogP) is 3.31. The van der Waals surface area contributed by atoms with Crippen molar-refractivity contribution >= 4 is 0 Å². The molecular weight excluding hydrogens is 246 g/mol. The van der Waals surface area contributed by atoms with Gasteiger partial charge in [0.25, 0.3) is 0 Å². The summed E-state index contributed by atoms with van der Waals surface area (Å²) in [6, 6.07) is 5.52. The van der Waals surface area contributed by atoms with Crippen molar-refractivity contribution in [3.8, 4) is 0 Å². The highest BCUT2D eigenvalue weighted by molar-refractivity contribution is 5.20. The summed E-state index contributed by atoms with van der Waals surface area (Å²) in [5, 5.41) is 3.30. The van der Waals surface area contributed by atoms with Gasteiger partial charge >= 0.3 is 0 Å². The highest BCUT2D eigenvalue weighted by atomic mass is 19.1. The second kappa shape index (κ2) is 6.48. The van der Waals surface area contributed by atoms with Gasteiger partial charge < -0.3 is 9.88 Å². The zero-order chi connectivity index (χ0) is 13.7. The Bertz CT molecular complexity index is 535. The standard InChI is InChI=1S/C15H18F2N2/c1-2-6-18-9-12-5-7-19(10-12)11-13-8-14(16)3-4-15(13)17/h3-5,7-8,10,18H,2,6,9,11H2,1H3. The first-order chi connectivity index (χ1) is 9.19. The molecule has 2 aromatic rings. The summed E-state index contributed by atoms with van der Waals surface area (Å²) < 4.78 is 28.5. The Kier molecular flexibility index (Phi) is 4.68. The second-order valence-electron chi connectivity index (χ2n) is 4.60. The van der Waals surface area contributed by atoms with Crippen LogP contribution in [-0.2, 0) is 13.1 Å². The third-order valence-corrected chi connectivity index (χ3v) is 2.93. The number of hydrogen-bond acceptors (Lipinski definition) is 1. The van der Waals surface area contributed by atoms with Crippen LogP contribution in [0.4, 0.5) is 8.78 Å². The third kappa shape index (κ3) is 3.89. The molecule has 1 N–H and O–H groups in total. The Hall–Kier alpha value is -1.68. The molecule has 0 aliphatic heterocycles. The Balaban J connectivity index is 2.01. The van der Waals surface area contributed by atoms with Crippen molar-refractivity contribution in [1.29, 1.82) is 0 Å². The normalized spacial score (nSPS) is 10.9. The molecule has 4 heteroatoms. The van der Waals surface area contributed by atoms with Gasteiger partial charge in [-0.15, -0.1) is 0 Å². The molecule has 0 radical (unpaired) electrons. The molecule has 0 atom stereocenters. The molecule has 0 saturated heterocycles. The van der Waals surface area contributed by atoms with Crippen LogP contribution in [-0.4, -0.2) is 11.1 Å². The van der Waals surface area contributed by atoms with E-state index < -0.39 is 5.82 Å². The largest absolute Gasteiger partial charge is 0.349 e. The van der Waals surface area contributed by atoms with E-state index in [0.29, 0.717) is 12.1 Å². The van der Waals surface area contributed by atoms with Gasteiger partial charge in [0.2, 0.25) is 0 Å². The molecule has 1 aromatic carbocycles. The van der Waals surface area contributed by atoms with Gasteiger partial charge in [-0.1, -0.05) is 6.92 Å². The maximum Gasteiger partial charge on any atom is 0.128 e. The lowest BCUT2D eigenvalue weighted by Crippen LogP contribution is -2.13. The molecule has 19 heavy (non-hydrogen) atoms. The van der Waals surface area contributed by atoms with Gasteiger partial charge in [-0.25, -0.2) is 8.78 Å². The monoisotopic (exact) mass is 264 g/mol. The minimum absolute atomic E-state index is 0.345. The number of aromatic nitrogens is 1. The molecule has 0 saturated carbocycles. The van der Waals surface area contributed by atoms with E-state index in [1.165, 1.54) is 6.07 Å². The molecule has 0 spiro atoms. The van der Waals surface area contributed by atoms with E-state index in [2.05, 4.69) is 12.2 Å². The van der Waals surface area contributed by atoms with E-state index in [1.807, 2.05) is 23.0 Å². The topological polar surface area (TPSA) is 17.0 Å². The van der Waals surface area contributed by atoms with Crippen LogP contribution in [0, 0.1) is 11.6 Å². The van der Waals surface area contributed by atoms with E-state index in [1.54, 1.807) is 0 Å².